The Morgan fingerprint density at radius 2 is 2.21 bits per heavy atom. The van der Waals surface area contributed by atoms with Crippen LogP contribution in [0, 0.1) is 24.2 Å². The molecule has 5 heterocycles. The molecular formula is C24H26ClN7O2. The summed E-state index contributed by atoms with van der Waals surface area (Å²) in [4.78, 5) is 26.2. The number of aryl methyl sites for hydroxylation is 1. The van der Waals surface area contributed by atoms with Gasteiger partial charge in [-0.2, -0.15) is 10.4 Å². The number of aliphatic hydroxyl groups is 1. The van der Waals surface area contributed by atoms with Crippen LogP contribution in [0.15, 0.2) is 30.6 Å². The second-order valence-electron chi connectivity index (χ2n) is 9.06. The lowest BCUT2D eigenvalue weighted by Crippen LogP contribution is -2.39. The number of β-amino-alcohol motifs (C(OH)–C–C–N with tert-alkyl or cyclic N) is 1. The van der Waals surface area contributed by atoms with Crippen molar-refractivity contribution in [3.05, 3.63) is 52.6 Å². The van der Waals surface area contributed by atoms with Crippen LogP contribution in [0.3, 0.4) is 0 Å². The molecule has 3 atom stereocenters. The van der Waals surface area contributed by atoms with Gasteiger partial charge in [0, 0.05) is 56.0 Å². The summed E-state index contributed by atoms with van der Waals surface area (Å²) in [5.74, 6) is 0.519. The van der Waals surface area contributed by atoms with E-state index in [1.54, 1.807) is 22.8 Å². The summed E-state index contributed by atoms with van der Waals surface area (Å²) in [6.07, 6.45) is 6.01. The Balaban J connectivity index is 1.45. The number of carbonyl (C=O) groups is 1. The molecule has 2 aliphatic heterocycles. The SMILES string of the molecule is Cc1cn2nc([C@@H]3CCCCN3C(=O)c3ncccc3Cl)cc2nc1N1CC(CC#N)[C@@H](O)C1. The molecule has 0 aliphatic carbocycles. The number of hydrogen-bond acceptors (Lipinski definition) is 7. The van der Waals surface area contributed by atoms with Gasteiger partial charge in [0.05, 0.1) is 28.9 Å². The van der Waals surface area contributed by atoms with E-state index < -0.39 is 6.10 Å². The number of likely N-dealkylation sites (tertiary alicyclic amines) is 1. The predicted octanol–water partition coefficient (Wildman–Crippen LogP) is 3.16. The van der Waals surface area contributed by atoms with Crippen LogP contribution in [-0.4, -0.2) is 61.2 Å². The van der Waals surface area contributed by atoms with E-state index in [1.165, 1.54) is 0 Å². The lowest BCUT2D eigenvalue weighted by molar-refractivity contribution is 0.0600. The van der Waals surface area contributed by atoms with Gasteiger partial charge in [-0.3, -0.25) is 4.79 Å². The summed E-state index contributed by atoms with van der Waals surface area (Å²) >= 11 is 6.25. The first-order valence-electron chi connectivity index (χ1n) is 11.5. The molecule has 0 aromatic carbocycles. The molecule has 0 bridgehead atoms. The summed E-state index contributed by atoms with van der Waals surface area (Å²) in [5.41, 5.74) is 2.66. The van der Waals surface area contributed by atoms with Gasteiger partial charge < -0.3 is 14.9 Å². The van der Waals surface area contributed by atoms with E-state index in [1.807, 2.05) is 29.0 Å². The van der Waals surface area contributed by atoms with E-state index in [9.17, 15) is 9.90 Å². The minimum atomic E-state index is -0.544. The molecule has 2 saturated heterocycles. The molecule has 5 rings (SSSR count). The van der Waals surface area contributed by atoms with Crippen LogP contribution < -0.4 is 4.90 Å². The molecule has 2 fully saturated rings. The Hall–Kier alpha value is -3.22. The average molecular weight is 480 g/mol. The predicted molar refractivity (Wildman–Crippen MR) is 127 cm³/mol. The number of anilines is 1. The Kier molecular flexibility index (Phi) is 6.11. The van der Waals surface area contributed by atoms with Crippen molar-refractivity contribution >= 4 is 29.0 Å². The summed E-state index contributed by atoms with van der Waals surface area (Å²) in [6.45, 7) is 3.63. The number of nitrogens with zero attached hydrogens (tertiary/aromatic N) is 7. The highest BCUT2D eigenvalue weighted by atomic mass is 35.5. The second-order valence-corrected chi connectivity index (χ2v) is 9.47. The van der Waals surface area contributed by atoms with Gasteiger partial charge >= 0.3 is 0 Å². The molecular weight excluding hydrogens is 454 g/mol. The van der Waals surface area contributed by atoms with Gasteiger partial charge in [-0.15, -0.1) is 0 Å². The highest BCUT2D eigenvalue weighted by Crippen LogP contribution is 2.33. The molecule has 0 spiro atoms. The third-order valence-corrected chi connectivity index (χ3v) is 7.05. The van der Waals surface area contributed by atoms with E-state index >= 15 is 0 Å². The van der Waals surface area contributed by atoms with E-state index in [0.29, 0.717) is 36.7 Å². The van der Waals surface area contributed by atoms with Gasteiger partial charge in [-0.1, -0.05) is 11.6 Å². The molecule has 176 valence electrons. The molecule has 1 amide bonds. The van der Waals surface area contributed by atoms with Crippen molar-refractivity contribution in [2.24, 2.45) is 5.92 Å². The number of halogens is 1. The molecule has 0 saturated carbocycles. The number of rotatable bonds is 4. The van der Waals surface area contributed by atoms with Gasteiger partial charge in [-0.25, -0.2) is 14.5 Å². The van der Waals surface area contributed by atoms with Crippen LogP contribution in [0.2, 0.25) is 5.02 Å². The molecule has 2 aliphatic rings. The van der Waals surface area contributed by atoms with Crippen LogP contribution >= 0.6 is 11.6 Å². The number of piperidine rings is 1. The van der Waals surface area contributed by atoms with E-state index in [4.69, 9.17) is 26.9 Å². The number of amides is 1. The number of fused-ring (bicyclic) bond motifs is 1. The summed E-state index contributed by atoms with van der Waals surface area (Å²) in [6, 6.07) is 7.29. The summed E-state index contributed by atoms with van der Waals surface area (Å²) < 4.78 is 1.75. The zero-order valence-electron chi connectivity index (χ0n) is 18.9. The first-order valence-corrected chi connectivity index (χ1v) is 11.9. The fourth-order valence-electron chi connectivity index (χ4n) is 5.01. The van der Waals surface area contributed by atoms with Gasteiger partial charge in [0.15, 0.2) is 5.65 Å². The van der Waals surface area contributed by atoms with E-state index in [2.05, 4.69) is 11.1 Å². The van der Waals surface area contributed by atoms with Crippen molar-refractivity contribution in [3.63, 3.8) is 0 Å². The zero-order valence-corrected chi connectivity index (χ0v) is 19.7. The van der Waals surface area contributed by atoms with Gasteiger partial charge in [0.25, 0.3) is 5.91 Å². The van der Waals surface area contributed by atoms with Crippen LogP contribution in [0.25, 0.3) is 5.65 Å². The highest BCUT2D eigenvalue weighted by Gasteiger charge is 2.34. The van der Waals surface area contributed by atoms with Crippen LogP contribution in [0.5, 0.6) is 0 Å². The lowest BCUT2D eigenvalue weighted by Gasteiger charge is -2.34. The number of aliphatic hydroxyl groups excluding tert-OH is 1. The van der Waals surface area contributed by atoms with Crippen molar-refractivity contribution in [2.45, 2.75) is 44.8 Å². The fraction of sp³-hybridized carbons (Fsp3) is 0.458. The largest absolute Gasteiger partial charge is 0.391 e. The van der Waals surface area contributed by atoms with Crippen molar-refractivity contribution in [1.29, 1.82) is 5.26 Å². The Morgan fingerprint density at radius 3 is 3.00 bits per heavy atom. The molecule has 1 unspecified atom stereocenters. The second kappa shape index (κ2) is 9.20. The number of carbonyl (C=O) groups excluding carboxylic acids is 1. The molecule has 1 N–H and O–H groups in total. The van der Waals surface area contributed by atoms with Crippen molar-refractivity contribution in [2.75, 3.05) is 24.5 Å². The lowest BCUT2D eigenvalue weighted by atomic mass is 9.99. The zero-order chi connectivity index (χ0) is 23.8. The number of pyridine rings is 1. The minimum Gasteiger partial charge on any atom is -0.391 e. The number of hydrogen-bond donors (Lipinski definition) is 1. The van der Waals surface area contributed by atoms with Crippen molar-refractivity contribution < 1.29 is 9.90 Å². The quantitative estimate of drug-likeness (QED) is 0.611. The molecule has 3 aromatic rings. The first-order chi connectivity index (χ1) is 16.5. The standard InChI is InChI=1S/C24H26ClN7O2/c1-15-12-32-21(28-23(15)30-13-16(7-8-26)20(33)14-30)11-18(29-32)19-6-2-3-10-31(19)24(34)22-17(25)5-4-9-27-22/h4-5,9,11-12,16,19-20,33H,2-3,6-7,10,13-14H2,1H3/t16?,19-,20-/m0/s1. The molecule has 9 nitrogen and oxygen atoms in total. The minimum absolute atomic E-state index is 0.0804. The monoisotopic (exact) mass is 479 g/mol. The molecule has 0 radical (unpaired) electrons. The third-order valence-electron chi connectivity index (χ3n) is 6.75. The smallest absolute Gasteiger partial charge is 0.274 e. The van der Waals surface area contributed by atoms with Crippen LogP contribution in [-0.2, 0) is 0 Å². The average Bonchev–Trinajstić information content (AvgIpc) is 3.41. The maximum Gasteiger partial charge on any atom is 0.274 e. The topological polar surface area (TPSA) is 111 Å². The summed E-state index contributed by atoms with van der Waals surface area (Å²) in [7, 11) is 0. The molecule has 34 heavy (non-hydrogen) atoms. The fourth-order valence-corrected chi connectivity index (χ4v) is 5.21. The number of aromatic nitrogens is 4. The Bertz CT molecular complexity index is 1270. The maximum absolute atomic E-state index is 13.3. The van der Waals surface area contributed by atoms with Gasteiger partial charge in [0.1, 0.15) is 11.5 Å². The Labute approximate surface area is 202 Å². The normalized spacial score (nSPS) is 22.8. The molecule has 10 heteroatoms. The van der Waals surface area contributed by atoms with Gasteiger partial charge in [0.2, 0.25) is 0 Å². The van der Waals surface area contributed by atoms with Crippen molar-refractivity contribution in [3.8, 4) is 6.07 Å². The first kappa shape index (κ1) is 22.6. The molecule has 3 aromatic heterocycles. The van der Waals surface area contributed by atoms with Crippen molar-refractivity contribution in [1.82, 2.24) is 24.5 Å². The summed E-state index contributed by atoms with van der Waals surface area (Å²) in [5, 5.41) is 24.5. The highest BCUT2D eigenvalue weighted by molar-refractivity contribution is 6.33. The Morgan fingerprint density at radius 1 is 1.35 bits per heavy atom. The van der Waals surface area contributed by atoms with Crippen LogP contribution in [0.4, 0.5) is 5.82 Å². The number of nitriles is 1. The van der Waals surface area contributed by atoms with E-state index in [-0.39, 0.29) is 23.6 Å². The maximum atomic E-state index is 13.3. The van der Waals surface area contributed by atoms with Gasteiger partial charge in [-0.05, 0) is 38.3 Å². The van der Waals surface area contributed by atoms with Crippen LogP contribution in [0.1, 0.15) is 53.5 Å². The third kappa shape index (κ3) is 4.08. The van der Waals surface area contributed by atoms with E-state index in [0.717, 1.165) is 36.3 Å².